The highest BCUT2D eigenvalue weighted by Gasteiger charge is 2.00. The van der Waals surface area contributed by atoms with Gasteiger partial charge in [0.25, 0.3) is 0 Å². The number of phenols is 3. The summed E-state index contributed by atoms with van der Waals surface area (Å²) in [5.41, 5.74) is 0.781. The summed E-state index contributed by atoms with van der Waals surface area (Å²) in [7, 11) is 0. The topological polar surface area (TPSA) is 73.0 Å². The Balaban J connectivity index is 2.32. The summed E-state index contributed by atoms with van der Waals surface area (Å²) in [6, 6.07) is 10.8. The quantitative estimate of drug-likeness (QED) is 0.547. The van der Waals surface area contributed by atoms with Gasteiger partial charge < -0.3 is 15.3 Å². The van der Waals surface area contributed by atoms with Crippen LogP contribution in [-0.2, 0) is 0 Å². The molecule has 0 aromatic heterocycles. The van der Waals surface area contributed by atoms with E-state index in [1.807, 2.05) is 0 Å². The van der Waals surface area contributed by atoms with Gasteiger partial charge in [-0.2, -0.15) is 0 Å². The number of benzene rings is 2. The minimum absolute atomic E-state index is 0.0157. The Hall–Kier alpha value is -2.49. The van der Waals surface area contributed by atoms with E-state index in [1.165, 1.54) is 30.5 Å². The highest BCUT2D eigenvalue weighted by molar-refractivity contribution is 5.86. The molecule has 0 spiro atoms. The molecule has 0 fully saturated rings. The van der Waals surface area contributed by atoms with Crippen molar-refractivity contribution in [2.24, 2.45) is 4.99 Å². The lowest BCUT2D eigenvalue weighted by Gasteiger charge is -2.00. The van der Waals surface area contributed by atoms with E-state index in [4.69, 9.17) is 0 Å². The summed E-state index contributed by atoms with van der Waals surface area (Å²) in [4.78, 5) is 4.03. The van der Waals surface area contributed by atoms with E-state index in [-0.39, 0.29) is 17.2 Å². The fourth-order valence-corrected chi connectivity index (χ4v) is 1.36. The van der Waals surface area contributed by atoms with Crippen LogP contribution in [0.4, 0.5) is 5.69 Å². The molecular weight excluding hydrogens is 218 g/mol. The summed E-state index contributed by atoms with van der Waals surface area (Å²) in [6.45, 7) is 0. The average molecular weight is 229 g/mol. The first kappa shape index (κ1) is 11.0. The van der Waals surface area contributed by atoms with Gasteiger partial charge >= 0.3 is 0 Å². The molecule has 4 heteroatoms. The first-order valence-electron chi connectivity index (χ1n) is 5.01. The number of aromatic hydroxyl groups is 3. The molecule has 0 saturated heterocycles. The van der Waals surface area contributed by atoms with E-state index in [2.05, 4.69) is 4.99 Å². The molecule has 0 aliphatic heterocycles. The van der Waals surface area contributed by atoms with Gasteiger partial charge in [0.05, 0.1) is 0 Å². The van der Waals surface area contributed by atoms with Crippen molar-refractivity contribution in [2.45, 2.75) is 0 Å². The Kier molecular flexibility index (Phi) is 2.96. The van der Waals surface area contributed by atoms with Gasteiger partial charge in [0.15, 0.2) is 0 Å². The largest absolute Gasteiger partial charge is 0.508 e. The zero-order chi connectivity index (χ0) is 12.3. The third kappa shape index (κ3) is 2.55. The summed E-state index contributed by atoms with van der Waals surface area (Å²) in [5, 5.41) is 28.3. The van der Waals surface area contributed by atoms with Crippen LogP contribution in [0.15, 0.2) is 47.5 Å². The molecule has 0 aliphatic rings. The highest BCUT2D eigenvalue weighted by Crippen LogP contribution is 2.26. The predicted molar refractivity (Wildman–Crippen MR) is 65.1 cm³/mol. The van der Waals surface area contributed by atoms with Gasteiger partial charge in [-0.05, 0) is 30.3 Å². The second-order valence-electron chi connectivity index (χ2n) is 3.49. The lowest BCUT2D eigenvalue weighted by atomic mass is 10.2. The van der Waals surface area contributed by atoms with E-state index in [0.717, 1.165) is 0 Å². The predicted octanol–water partition coefficient (Wildman–Crippen LogP) is 2.55. The van der Waals surface area contributed by atoms with Gasteiger partial charge in [-0.25, -0.2) is 0 Å². The maximum absolute atomic E-state index is 9.52. The van der Waals surface area contributed by atoms with Crippen LogP contribution in [0.3, 0.4) is 0 Å². The fourth-order valence-electron chi connectivity index (χ4n) is 1.36. The molecule has 86 valence electrons. The van der Waals surface area contributed by atoms with Gasteiger partial charge in [-0.15, -0.1) is 0 Å². The molecule has 2 rings (SSSR count). The lowest BCUT2D eigenvalue weighted by molar-refractivity contribution is 0.459. The second-order valence-corrected chi connectivity index (χ2v) is 3.49. The van der Waals surface area contributed by atoms with Crippen LogP contribution in [-0.4, -0.2) is 21.5 Å². The van der Waals surface area contributed by atoms with Crippen molar-refractivity contribution in [1.82, 2.24) is 0 Å². The number of para-hydroxylation sites is 2. The van der Waals surface area contributed by atoms with Crippen LogP contribution in [0.1, 0.15) is 5.56 Å². The van der Waals surface area contributed by atoms with E-state index in [9.17, 15) is 15.3 Å². The van der Waals surface area contributed by atoms with Gasteiger partial charge in [0.1, 0.15) is 22.9 Å². The Labute approximate surface area is 98.1 Å². The second kappa shape index (κ2) is 4.57. The van der Waals surface area contributed by atoms with Crippen molar-refractivity contribution < 1.29 is 15.3 Å². The van der Waals surface area contributed by atoms with Gasteiger partial charge in [0.2, 0.25) is 0 Å². The van der Waals surface area contributed by atoms with Crippen molar-refractivity contribution in [3.05, 3.63) is 48.0 Å². The molecule has 0 saturated carbocycles. The zero-order valence-corrected chi connectivity index (χ0v) is 8.91. The average Bonchev–Trinajstić information content (AvgIpc) is 2.32. The molecule has 0 heterocycles. The number of phenolic OH excluding ortho intramolecular Hbond substituents is 3. The summed E-state index contributed by atoms with van der Waals surface area (Å²) < 4.78 is 0. The van der Waals surface area contributed by atoms with Crippen LogP contribution in [0.25, 0.3) is 0 Å². The summed E-state index contributed by atoms with van der Waals surface area (Å²) in [5.74, 6) is 0.117. The van der Waals surface area contributed by atoms with E-state index in [1.54, 1.807) is 18.2 Å². The van der Waals surface area contributed by atoms with Crippen LogP contribution in [0.5, 0.6) is 17.2 Å². The van der Waals surface area contributed by atoms with Crippen molar-refractivity contribution >= 4 is 11.9 Å². The first-order chi connectivity index (χ1) is 8.16. The minimum Gasteiger partial charge on any atom is -0.508 e. The first-order valence-corrected chi connectivity index (χ1v) is 5.01. The summed E-state index contributed by atoms with van der Waals surface area (Å²) >= 11 is 0. The fraction of sp³-hybridized carbons (Fsp3) is 0. The van der Waals surface area contributed by atoms with E-state index in [0.29, 0.717) is 11.3 Å². The van der Waals surface area contributed by atoms with E-state index < -0.39 is 0 Å². The van der Waals surface area contributed by atoms with Crippen LogP contribution in [0, 0.1) is 0 Å². The monoisotopic (exact) mass is 229 g/mol. The van der Waals surface area contributed by atoms with Gasteiger partial charge in [-0.3, -0.25) is 4.99 Å². The Morgan fingerprint density at radius 3 is 2.41 bits per heavy atom. The van der Waals surface area contributed by atoms with Crippen molar-refractivity contribution in [1.29, 1.82) is 0 Å². The molecule has 2 aromatic carbocycles. The maximum atomic E-state index is 9.52. The lowest BCUT2D eigenvalue weighted by Crippen LogP contribution is -1.81. The molecule has 4 nitrogen and oxygen atoms in total. The standard InChI is InChI=1S/C13H11NO3/c15-10-5-6-12(16)9(7-10)8-14-11-3-1-2-4-13(11)17/h1-8,15-17H. The normalized spacial score (nSPS) is 10.8. The SMILES string of the molecule is Oc1ccc(O)c(C=Nc2ccccc2O)c1. The minimum atomic E-state index is 0.0157. The van der Waals surface area contributed by atoms with Gasteiger partial charge in [0, 0.05) is 11.8 Å². The molecule has 0 aliphatic carbocycles. The van der Waals surface area contributed by atoms with Gasteiger partial charge in [-0.1, -0.05) is 12.1 Å². The zero-order valence-electron chi connectivity index (χ0n) is 8.91. The molecule has 3 N–H and O–H groups in total. The number of aliphatic imine (C=N–C) groups is 1. The Bertz CT molecular complexity index is 564. The number of rotatable bonds is 2. The highest BCUT2D eigenvalue weighted by atomic mass is 16.3. The van der Waals surface area contributed by atoms with Crippen LogP contribution >= 0.6 is 0 Å². The number of hydrogen-bond acceptors (Lipinski definition) is 4. The number of nitrogens with zero attached hydrogens (tertiary/aromatic N) is 1. The Morgan fingerprint density at radius 1 is 0.882 bits per heavy atom. The van der Waals surface area contributed by atoms with E-state index >= 15 is 0 Å². The van der Waals surface area contributed by atoms with Crippen molar-refractivity contribution in [3.63, 3.8) is 0 Å². The summed E-state index contributed by atoms with van der Waals surface area (Å²) in [6.07, 6.45) is 1.38. The smallest absolute Gasteiger partial charge is 0.141 e. The molecule has 0 radical (unpaired) electrons. The molecule has 0 unspecified atom stereocenters. The molecule has 0 bridgehead atoms. The molecule has 0 atom stereocenters. The third-order valence-electron chi connectivity index (χ3n) is 2.24. The van der Waals surface area contributed by atoms with Crippen LogP contribution < -0.4 is 0 Å². The molecule has 17 heavy (non-hydrogen) atoms. The Morgan fingerprint density at radius 2 is 1.65 bits per heavy atom. The maximum Gasteiger partial charge on any atom is 0.141 e. The van der Waals surface area contributed by atoms with Crippen LogP contribution in [0.2, 0.25) is 0 Å². The molecule has 2 aromatic rings. The third-order valence-corrected chi connectivity index (χ3v) is 2.24. The molecular formula is C13H11NO3. The van der Waals surface area contributed by atoms with Crippen molar-refractivity contribution in [2.75, 3.05) is 0 Å². The number of hydrogen-bond donors (Lipinski definition) is 3. The molecule has 0 amide bonds. The van der Waals surface area contributed by atoms with Crippen molar-refractivity contribution in [3.8, 4) is 17.2 Å².